The predicted octanol–water partition coefficient (Wildman–Crippen LogP) is 2.12. The predicted molar refractivity (Wildman–Crippen MR) is 59.6 cm³/mol. The van der Waals surface area contributed by atoms with Gasteiger partial charge < -0.3 is 9.73 Å². The van der Waals surface area contributed by atoms with Crippen LogP contribution in [0.1, 0.15) is 5.56 Å². The lowest BCUT2D eigenvalue weighted by atomic mass is 10.1. The monoisotopic (exact) mass is 202 g/mol. The van der Waals surface area contributed by atoms with Gasteiger partial charge in [0.15, 0.2) is 0 Å². The van der Waals surface area contributed by atoms with Gasteiger partial charge in [-0.05, 0) is 24.6 Å². The Morgan fingerprint density at radius 3 is 2.93 bits per heavy atom. The summed E-state index contributed by atoms with van der Waals surface area (Å²) in [5.41, 5.74) is 1.80. The van der Waals surface area contributed by atoms with E-state index in [1.54, 1.807) is 6.07 Å². The highest BCUT2D eigenvalue weighted by Gasteiger charge is 2.02. The highest BCUT2D eigenvalue weighted by molar-refractivity contribution is 5.86. The normalized spacial score (nSPS) is 10.2. The Balaban J connectivity index is 2.70. The lowest BCUT2D eigenvalue weighted by Gasteiger charge is -2.03. The van der Waals surface area contributed by atoms with E-state index in [2.05, 4.69) is 5.32 Å². The summed E-state index contributed by atoms with van der Waals surface area (Å²) in [5.74, 6) is 0. The lowest BCUT2D eigenvalue weighted by molar-refractivity contribution is 0.560. The molecule has 2 N–H and O–H groups in total. The zero-order valence-electron chi connectivity index (χ0n) is 8.20. The number of fused-ring (bicyclic) bond motifs is 1. The molecule has 0 spiro atoms. The van der Waals surface area contributed by atoms with Crippen LogP contribution in [0.25, 0.3) is 11.0 Å². The van der Waals surface area contributed by atoms with Crippen molar-refractivity contribution in [2.75, 3.05) is 5.32 Å². The Kier molecular flexibility index (Phi) is 2.25. The summed E-state index contributed by atoms with van der Waals surface area (Å²) in [6.07, 6.45) is 1.08. The summed E-state index contributed by atoms with van der Waals surface area (Å²) in [6, 6.07) is 6.86. The van der Waals surface area contributed by atoms with Crippen LogP contribution in [-0.2, 0) is 0 Å². The van der Waals surface area contributed by atoms with Gasteiger partial charge in [-0.2, -0.15) is 0 Å². The van der Waals surface area contributed by atoms with E-state index < -0.39 is 0 Å². The highest BCUT2D eigenvalue weighted by Crippen LogP contribution is 2.20. The Morgan fingerprint density at radius 2 is 2.20 bits per heavy atom. The number of hydrogen-bond donors (Lipinski definition) is 2. The first-order chi connectivity index (χ1) is 7.20. The van der Waals surface area contributed by atoms with E-state index in [-0.39, 0.29) is 5.63 Å². The van der Waals surface area contributed by atoms with Crippen LogP contribution >= 0.6 is 0 Å². The van der Waals surface area contributed by atoms with Crippen molar-refractivity contribution in [3.63, 3.8) is 0 Å². The molecule has 0 aliphatic heterocycles. The molecule has 1 aromatic heterocycles. The van der Waals surface area contributed by atoms with Crippen LogP contribution in [0.4, 0.5) is 5.69 Å². The van der Waals surface area contributed by atoms with Crippen molar-refractivity contribution in [2.45, 2.75) is 6.92 Å². The van der Waals surface area contributed by atoms with Crippen molar-refractivity contribution in [2.24, 2.45) is 0 Å². The van der Waals surface area contributed by atoms with E-state index in [9.17, 15) is 4.79 Å². The second-order valence-corrected chi connectivity index (χ2v) is 3.25. The molecule has 0 bridgehead atoms. The molecule has 0 unspecified atom stereocenters. The van der Waals surface area contributed by atoms with Gasteiger partial charge in [-0.25, -0.2) is 4.79 Å². The van der Waals surface area contributed by atoms with Crippen LogP contribution in [0.15, 0.2) is 33.5 Å². The van der Waals surface area contributed by atoms with Gasteiger partial charge in [0, 0.05) is 23.2 Å². The molecule has 15 heavy (non-hydrogen) atoms. The average molecular weight is 202 g/mol. The molecule has 0 aliphatic rings. The highest BCUT2D eigenvalue weighted by atomic mass is 16.4. The zero-order chi connectivity index (χ0) is 10.8. The summed E-state index contributed by atoms with van der Waals surface area (Å²) in [5, 5.41) is 10.5. The third-order valence-electron chi connectivity index (χ3n) is 2.19. The first kappa shape index (κ1) is 9.45. The zero-order valence-corrected chi connectivity index (χ0v) is 8.20. The van der Waals surface area contributed by atoms with E-state index in [1.807, 2.05) is 19.1 Å². The third kappa shape index (κ3) is 1.74. The van der Waals surface area contributed by atoms with E-state index in [4.69, 9.17) is 9.83 Å². The first-order valence-electron chi connectivity index (χ1n) is 4.51. The second kappa shape index (κ2) is 3.57. The lowest BCUT2D eigenvalue weighted by Crippen LogP contribution is -1.99. The van der Waals surface area contributed by atoms with Gasteiger partial charge in [0.05, 0.1) is 6.34 Å². The molecule has 0 radical (unpaired) electrons. The molecule has 0 saturated carbocycles. The van der Waals surface area contributed by atoms with Gasteiger partial charge in [-0.3, -0.25) is 5.41 Å². The van der Waals surface area contributed by atoms with Crippen LogP contribution in [0.3, 0.4) is 0 Å². The Hall–Kier alpha value is -2.10. The van der Waals surface area contributed by atoms with Gasteiger partial charge in [0.2, 0.25) is 0 Å². The molecule has 4 nitrogen and oxygen atoms in total. The molecule has 76 valence electrons. The van der Waals surface area contributed by atoms with Gasteiger partial charge in [-0.1, -0.05) is 0 Å². The summed E-state index contributed by atoms with van der Waals surface area (Å²) >= 11 is 0. The molecule has 0 fully saturated rings. The Morgan fingerprint density at radius 1 is 1.40 bits per heavy atom. The smallest absolute Gasteiger partial charge is 0.336 e. The van der Waals surface area contributed by atoms with E-state index >= 15 is 0 Å². The first-order valence-corrected chi connectivity index (χ1v) is 4.51. The van der Waals surface area contributed by atoms with E-state index in [0.717, 1.165) is 23.0 Å². The summed E-state index contributed by atoms with van der Waals surface area (Å²) in [7, 11) is 0. The summed E-state index contributed by atoms with van der Waals surface area (Å²) < 4.78 is 5.06. The number of aryl methyl sites for hydroxylation is 1. The molecule has 1 aromatic carbocycles. The van der Waals surface area contributed by atoms with E-state index in [0.29, 0.717) is 5.58 Å². The minimum absolute atomic E-state index is 0.355. The van der Waals surface area contributed by atoms with Crippen LogP contribution < -0.4 is 10.9 Å². The largest absolute Gasteiger partial charge is 0.423 e. The van der Waals surface area contributed by atoms with Crippen molar-refractivity contribution in [3.8, 4) is 0 Å². The topological polar surface area (TPSA) is 66.1 Å². The maximum atomic E-state index is 11.1. The van der Waals surface area contributed by atoms with Crippen LogP contribution in [0, 0.1) is 12.3 Å². The number of nitrogens with one attached hydrogen (secondary N) is 2. The third-order valence-corrected chi connectivity index (χ3v) is 2.19. The standard InChI is InChI=1S/C11H10N2O2/c1-7-4-11(14)15-10-5-8(13-6-12)2-3-9(7)10/h2-6H,1H3,(H2,12,13). The summed E-state index contributed by atoms with van der Waals surface area (Å²) in [4.78, 5) is 11.1. The fourth-order valence-corrected chi connectivity index (χ4v) is 1.50. The molecule has 2 rings (SSSR count). The van der Waals surface area contributed by atoms with Gasteiger partial charge in [-0.15, -0.1) is 0 Å². The van der Waals surface area contributed by atoms with Crippen molar-refractivity contribution in [3.05, 3.63) is 40.2 Å². The number of anilines is 1. The molecule has 2 aromatic rings. The quantitative estimate of drug-likeness (QED) is 0.445. The molecular weight excluding hydrogens is 192 g/mol. The van der Waals surface area contributed by atoms with E-state index in [1.165, 1.54) is 6.07 Å². The maximum absolute atomic E-state index is 11.1. The van der Waals surface area contributed by atoms with Crippen LogP contribution in [-0.4, -0.2) is 6.34 Å². The molecule has 0 saturated heterocycles. The average Bonchev–Trinajstić information content (AvgIpc) is 2.17. The fourth-order valence-electron chi connectivity index (χ4n) is 1.50. The van der Waals surface area contributed by atoms with Crippen molar-refractivity contribution in [1.82, 2.24) is 0 Å². The fraction of sp³-hybridized carbons (Fsp3) is 0.0909. The Bertz CT molecular complexity index is 572. The van der Waals surface area contributed by atoms with Crippen molar-refractivity contribution >= 4 is 23.0 Å². The number of rotatable bonds is 2. The minimum Gasteiger partial charge on any atom is -0.423 e. The second-order valence-electron chi connectivity index (χ2n) is 3.25. The molecule has 0 aliphatic carbocycles. The minimum atomic E-state index is -0.355. The molecule has 4 heteroatoms. The van der Waals surface area contributed by atoms with Crippen molar-refractivity contribution in [1.29, 1.82) is 5.41 Å². The summed E-state index contributed by atoms with van der Waals surface area (Å²) in [6.45, 7) is 1.86. The SMILES string of the molecule is Cc1cc(=O)oc2cc(NC=N)ccc12. The Labute approximate surface area is 86.0 Å². The number of hydrogen-bond acceptors (Lipinski definition) is 3. The van der Waals surface area contributed by atoms with Crippen LogP contribution in [0.2, 0.25) is 0 Å². The molecule has 1 heterocycles. The van der Waals surface area contributed by atoms with Gasteiger partial charge in [0.25, 0.3) is 0 Å². The van der Waals surface area contributed by atoms with Gasteiger partial charge in [0.1, 0.15) is 5.58 Å². The maximum Gasteiger partial charge on any atom is 0.336 e. The molecular formula is C11H10N2O2. The number of benzene rings is 1. The van der Waals surface area contributed by atoms with Crippen LogP contribution in [0.5, 0.6) is 0 Å². The molecule has 0 amide bonds. The molecule has 0 atom stereocenters. The van der Waals surface area contributed by atoms with Gasteiger partial charge >= 0.3 is 5.63 Å². The van der Waals surface area contributed by atoms with Crippen molar-refractivity contribution < 1.29 is 4.42 Å².